The molecule has 1 saturated heterocycles. The second-order valence-electron chi connectivity index (χ2n) is 8.84. The lowest BCUT2D eigenvalue weighted by molar-refractivity contribution is 0.545. The maximum absolute atomic E-state index is 14.4. The van der Waals surface area contributed by atoms with Crippen LogP contribution in [-0.2, 0) is 16.6 Å². The molecule has 4 rings (SSSR count). The Balaban J connectivity index is 1.65. The number of fused-ring (bicyclic) bond motifs is 1. The number of sulfonamides is 1. The van der Waals surface area contributed by atoms with E-state index in [2.05, 4.69) is 14.7 Å². The molecule has 3 heterocycles. The van der Waals surface area contributed by atoms with Gasteiger partial charge in [0, 0.05) is 36.1 Å². The van der Waals surface area contributed by atoms with Crippen LogP contribution in [0.5, 0.6) is 0 Å². The van der Waals surface area contributed by atoms with Crippen LogP contribution in [0.25, 0.3) is 5.52 Å². The van der Waals surface area contributed by atoms with Gasteiger partial charge in [0.1, 0.15) is 11.6 Å². The first-order chi connectivity index (χ1) is 14.6. The zero-order valence-corrected chi connectivity index (χ0v) is 18.6. The molecule has 1 unspecified atom stereocenters. The Bertz CT molecular complexity index is 1220. The van der Waals surface area contributed by atoms with Crippen molar-refractivity contribution in [3.05, 3.63) is 65.5 Å². The highest BCUT2D eigenvalue weighted by molar-refractivity contribution is 7.90. The zero-order valence-electron chi connectivity index (χ0n) is 17.8. The molecule has 0 amide bonds. The summed E-state index contributed by atoms with van der Waals surface area (Å²) in [6.07, 6.45) is 5.02. The van der Waals surface area contributed by atoms with E-state index in [-0.39, 0.29) is 12.6 Å². The number of rotatable bonds is 5. The second-order valence-corrected chi connectivity index (χ2v) is 11.4. The first-order valence-electron chi connectivity index (χ1n) is 10.2. The van der Waals surface area contributed by atoms with Crippen molar-refractivity contribution in [3.8, 4) is 0 Å². The van der Waals surface area contributed by atoms with Gasteiger partial charge < -0.3 is 4.90 Å². The minimum absolute atomic E-state index is 0.120. The van der Waals surface area contributed by atoms with Crippen LogP contribution in [0.4, 0.5) is 14.5 Å². The third kappa shape index (κ3) is 4.16. The number of aromatic nitrogens is 2. The van der Waals surface area contributed by atoms with Gasteiger partial charge in [-0.05, 0) is 63.9 Å². The predicted octanol–water partition coefficient (Wildman–Crippen LogP) is 4.17. The van der Waals surface area contributed by atoms with Crippen molar-refractivity contribution >= 4 is 21.2 Å². The van der Waals surface area contributed by atoms with Crippen molar-refractivity contribution in [1.29, 1.82) is 0 Å². The molecule has 31 heavy (non-hydrogen) atoms. The summed E-state index contributed by atoms with van der Waals surface area (Å²) in [4.78, 5) is 2.06. The number of anilines is 1. The Labute approximate surface area is 180 Å². The van der Waals surface area contributed by atoms with Gasteiger partial charge in [-0.1, -0.05) is 0 Å². The third-order valence-electron chi connectivity index (χ3n) is 5.75. The molecule has 1 N–H and O–H groups in total. The van der Waals surface area contributed by atoms with E-state index in [9.17, 15) is 17.2 Å². The third-order valence-corrected chi connectivity index (χ3v) is 7.88. The number of pyridine rings is 1. The van der Waals surface area contributed by atoms with Gasteiger partial charge >= 0.3 is 0 Å². The molecule has 6 nitrogen and oxygen atoms in total. The van der Waals surface area contributed by atoms with E-state index in [0.29, 0.717) is 5.56 Å². The van der Waals surface area contributed by atoms with E-state index in [0.717, 1.165) is 42.2 Å². The largest absolute Gasteiger partial charge is 0.364 e. The van der Waals surface area contributed by atoms with Crippen LogP contribution in [0.1, 0.15) is 50.8 Å². The number of benzene rings is 1. The summed E-state index contributed by atoms with van der Waals surface area (Å²) in [6, 6.07) is 7.11. The molecule has 0 saturated carbocycles. The molecular weight excluding hydrogens is 422 g/mol. The summed E-state index contributed by atoms with van der Waals surface area (Å²) < 4.78 is 56.4. The van der Waals surface area contributed by atoms with Crippen LogP contribution in [0, 0.1) is 11.6 Å². The Hall–Kier alpha value is -2.52. The van der Waals surface area contributed by atoms with Crippen molar-refractivity contribution in [1.82, 2.24) is 14.3 Å². The van der Waals surface area contributed by atoms with Crippen molar-refractivity contribution in [2.24, 2.45) is 0 Å². The average Bonchev–Trinajstić information content (AvgIpc) is 3.34. The van der Waals surface area contributed by atoms with Crippen molar-refractivity contribution in [3.63, 3.8) is 0 Å². The summed E-state index contributed by atoms with van der Waals surface area (Å²) in [5, 5.41) is 4.31. The maximum Gasteiger partial charge on any atom is 0.216 e. The van der Waals surface area contributed by atoms with E-state index in [1.165, 1.54) is 12.1 Å². The fourth-order valence-corrected chi connectivity index (χ4v) is 4.67. The van der Waals surface area contributed by atoms with Crippen LogP contribution < -0.4 is 9.62 Å². The van der Waals surface area contributed by atoms with E-state index in [4.69, 9.17) is 0 Å². The molecule has 0 radical (unpaired) electrons. The summed E-state index contributed by atoms with van der Waals surface area (Å²) in [6.45, 7) is 5.76. The molecule has 3 aromatic rings. The van der Waals surface area contributed by atoms with E-state index < -0.39 is 26.4 Å². The van der Waals surface area contributed by atoms with Crippen LogP contribution in [0.2, 0.25) is 0 Å². The van der Waals surface area contributed by atoms with Crippen LogP contribution >= 0.6 is 0 Å². The fourth-order valence-electron chi connectivity index (χ4n) is 3.89. The molecule has 0 spiro atoms. The lowest BCUT2D eigenvalue weighted by Gasteiger charge is -2.27. The maximum atomic E-state index is 14.4. The number of hydrogen-bond acceptors (Lipinski definition) is 4. The minimum atomic E-state index is -3.50. The summed E-state index contributed by atoms with van der Waals surface area (Å²) >= 11 is 0. The minimum Gasteiger partial charge on any atom is -0.364 e. The Kier molecular flexibility index (Phi) is 5.51. The van der Waals surface area contributed by atoms with E-state index >= 15 is 0 Å². The van der Waals surface area contributed by atoms with Crippen LogP contribution in [-0.4, -0.2) is 29.3 Å². The second kappa shape index (κ2) is 7.87. The van der Waals surface area contributed by atoms with Gasteiger partial charge in [-0.2, -0.15) is 5.10 Å². The standard InChI is InChI=1S/C22H26F2N4O2S/c1-22(2,3)31(29,30)26-14-15-13-25-28-10-8-17(12-21(15)28)27-9-4-5-20(27)18-11-16(23)6-7-19(18)24/h6-8,10-13,20,26H,4-5,9,14H2,1-3H3. The lowest BCUT2D eigenvalue weighted by Crippen LogP contribution is -2.38. The molecule has 2 aromatic heterocycles. The van der Waals surface area contributed by atoms with E-state index in [1.807, 2.05) is 12.1 Å². The van der Waals surface area contributed by atoms with Crippen molar-refractivity contribution < 1.29 is 17.2 Å². The molecule has 1 fully saturated rings. The topological polar surface area (TPSA) is 66.7 Å². The first-order valence-corrected chi connectivity index (χ1v) is 11.7. The number of nitrogens with one attached hydrogen (secondary N) is 1. The molecule has 9 heteroatoms. The molecule has 1 aromatic carbocycles. The Morgan fingerprint density at radius 1 is 1.19 bits per heavy atom. The summed E-state index contributed by atoms with van der Waals surface area (Å²) in [5.41, 5.74) is 2.71. The van der Waals surface area contributed by atoms with Gasteiger partial charge in [-0.15, -0.1) is 0 Å². The van der Waals surface area contributed by atoms with Gasteiger partial charge in [0.15, 0.2) is 0 Å². The normalized spacial score (nSPS) is 17.6. The molecule has 0 bridgehead atoms. The number of halogens is 2. The van der Waals surface area contributed by atoms with Crippen molar-refractivity contribution in [2.75, 3.05) is 11.4 Å². The Morgan fingerprint density at radius 2 is 1.97 bits per heavy atom. The van der Waals surface area contributed by atoms with Gasteiger partial charge in [0.2, 0.25) is 10.0 Å². The fraction of sp³-hybridized carbons (Fsp3) is 0.409. The molecule has 1 atom stereocenters. The van der Waals surface area contributed by atoms with Gasteiger partial charge in [0.05, 0.1) is 22.5 Å². The SMILES string of the molecule is CC(C)(C)S(=O)(=O)NCc1cnn2ccc(N3CCCC3c3cc(F)ccc3F)cc12. The van der Waals surface area contributed by atoms with Crippen molar-refractivity contribution in [2.45, 2.75) is 50.9 Å². The summed E-state index contributed by atoms with van der Waals surface area (Å²) in [7, 11) is -3.50. The number of nitrogens with zero attached hydrogens (tertiary/aromatic N) is 3. The highest BCUT2D eigenvalue weighted by Gasteiger charge is 2.30. The molecule has 0 aliphatic carbocycles. The molecule has 166 valence electrons. The molecule has 1 aliphatic rings. The highest BCUT2D eigenvalue weighted by atomic mass is 32.2. The summed E-state index contributed by atoms with van der Waals surface area (Å²) in [5.74, 6) is -0.871. The molecular formula is C22H26F2N4O2S. The van der Waals surface area contributed by atoms with Crippen LogP contribution in [0.15, 0.2) is 42.7 Å². The van der Waals surface area contributed by atoms with Crippen LogP contribution in [0.3, 0.4) is 0 Å². The molecule has 1 aliphatic heterocycles. The van der Waals surface area contributed by atoms with E-state index in [1.54, 1.807) is 37.7 Å². The Morgan fingerprint density at radius 3 is 2.71 bits per heavy atom. The van der Waals surface area contributed by atoms with Gasteiger partial charge in [-0.3, -0.25) is 0 Å². The highest BCUT2D eigenvalue weighted by Crippen LogP contribution is 2.38. The number of hydrogen-bond donors (Lipinski definition) is 1. The predicted molar refractivity (Wildman–Crippen MR) is 116 cm³/mol. The average molecular weight is 449 g/mol. The zero-order chi connectivity index (χ0) is 22.4. The smallest absolute Gasteiger partial charge is 0.216 e. The quantitative estimate of drug-likeness (QED) is 0.636. The monoisotopic (exact) mass is 448 g/mol. The van der Waals surface area contributed by atoms with Gasteiger partial charge in [0.25, 0.3) is 0 Å². The van der Waals surface area contributed by atoms with Gasteiger partial charge in [-0.25, -0.2) is 26.4 Å². The first kappa shape index (κ1) is 21.7. The lowest BCUT2D eigenvalue weighted by atomic mass is 10.0.